The van der Waals surface area contributed by atoms with Crippen molar-refractivity contribution < 1.29 is 0 Å². The van der Waals surface area contributed by atoms with Crippen molar-refractivity contribution in [3.05, 3.63) is 0 Å². The minimum absolute atomic E-state index is 0.944. The molecule has 0 aromatic carbocycles. The van der Waals surface area contributed by atoms with E-state index in [0.717, 1.165) is 11.8 Å². The molecule has 0 amide bonds. The van der Waals surface area contributed by atoms with Crippen molar-refractivity contribution in [2.24, 2.45) is 11.8 Å². The summed E-state index contributed by atoms with van der Waals surface area (Å²) in [5.74, 6) is 1.91. The highest BCUT2D eigenvalue weighted by molar-refractivity contribution is 4.56. The largest absolute Gasteiger partial charge is 0.0654 e. The Kier molecular flexibility index (Phi) is 11.5. The first-order valence-corrected chi connectivity index (χ1v) is 7.70. The zero-order chi connectivity index (χ0) is 12.2. The molecular weight excluding hydrogens is 192 g/mol. The summed E-state index contributed by atoms with van der Waals surface area (Å²) in [5, 5.41) is 0. The standard InChI is InChI=1S/C16H34/c1-5-7-8-9-13-16(4)14-11-10-12-15(3)6-2/h15-16H,5-14H2,1-4H3. The van der Waals surface area contributed by atoms with Gasteiger partial charge in [0.25, 0.3) is 0 Å². The van der Waals surface area contributed by atoms with Crippen molar-refractivity contribution in [2.75, 3.05) is 0 Å². The molecule has 2 atom stereocenters. The van der Waals surface area contributed by atoms with Gasteiger partial charge in [-0.2, -0.15) is 0 Å². The molecule has 0 aromatic rings. The van der Waals surface area contributed by atoms with E-state index in [4.69, 9.17) is 0 Å². The molecule has 0 N–H and O–H groups in total. The van der Waals surface area contributed by atoms with Crippen LogP contribution in [0.25, 0.3) is 0 Å². The van der Waals surface area contributed by atoms with Gasteiger partial charge in [-0.3, -0.25) is 0 Å². The molecule has 0 aliphatic rings. The maximum absolute atomic E-state index is 2.44. The highest BCUT2D eigenvalue weighted by atomic mass is 14.1. The van der Waals surface area contributed by atoms with Gasteiger partial charge < -0.3 is 0 Å². The molecule has 98 valence electrons. The lowest BCUT2D eigenvalue weighted by Gasteiger charge is -2.12. The van der Waals surface area contributed by atoms with Gasteiger partial charge in [-0.15, -0.1) is 0 Å². The first-order chi connectivity index (χ1) is 7.70. The van der Waals surface area contributed by atoms with Crippen LogP contribution in [0.5, 0.6) is 0 Å². The van der Waals surface area contributed by atoms with Gasteiger partial charge in [0.2, 0.25) is 0 Å². The molecule has 0 aliphatic heterocycles. The first-order valence-electron chi connectivity index (χ1n) is 7.70. The van der Waals surface area contributed by atoms with Gasteiger partial charge in [0.15, 0.2) is 0 Å². The monoisotopic (exact) mass is 226 g/mol. The molecule has 0 saturated heterocycles. The molecule has 0 saturated carbocycles. The van der Waals surface area contributed by atoms with E-state index in [-0.39, 0.29) is 0 Å². The average molecular weight is 226 g/mol. The smallest absolute Gasteiger partial charge is 0.0443 e. The molecule has 0 fully saturated rings. The van der Waals surface area contributed by atoms with Crippen LogP contribution in [0.4, 0.5) is 0 Å². The average Bonchev–Trinajstić information content (AvgIpc) is 2.30. The first kappa shape index (κ1) is 16.0. The fraction of sp³-hybridized carbons (Fsp3) is 1.00. The molecule has 0 rings (SSSR count). The summed E-state index contributed by atoms with van der Waals surface area (Å²) < 4.78 is 0. The molecule has 0 aliphatic carbocycles. The van der Waals surface area contributed by atoms with Crippen molar-refractivity contribution >= 4 is 0 Å². The van der Waals surface area contributed by atoms with E-state index in [1.54, 1.807) is 0 Å². The number of rotatable bonds is 11. The highest BCUT2D eigenvalue weighted by Gasteiger charge is 2.03. The minimum atomic E-state index is 0.944. The third kappa shape index (κ3) is 10.5. The Bertz CT molecular complexity index is 128. The zero-order valence-electron chi connectivity index (χ0n) is 12.2. The van der Waals surface area contributed by atoms with Crippen LogP contribution >= 0.6 is 0 Å². The number of hydrogen-bond acceptors (Lipinski definition) is 0. The van der Waals surface area contributed by atoms with E-state index in [9.17, 15) is 0 Å². The Balaban J connectivity index is 3.20. The Morgan fingerprint density at radius 3 is 1.62 bits per heavy atom. The maximum Gasteiger partial charge on any atom is -0.0443 e. The van der Waals surface area contributed by atoms with Crippen molar-refractivity contribution in [1.82, 2.24) is 0 Å². The highest BCUT2D eigenvalue weighted by Crippen LogP contribution is 2.19. The second kappa shape index (κ2) is 11.5. The fourth-order valence-corrected chi connectivity index (χ4v) is 2.25. The van der Waals surface area contributed by atoms with Gasteiger partial charge in [0.1, 0.15) is 0 Å². The molecule has 2 unspecified atom stereocenters. The molecule has 0 radical (unpaired) electrons. The van der Waals surface area contributed by atoms with E-state index in [2.05, 4.69) is 27.7 Å². The van der Waals surface area contributed by atoms with E-state index >= 15 is 0 Å². The van der Waals surface area contributed by atoms with Crippen molar-refractivity contribution in [1.29, 1.82) is 0 Å². The van der Waals surface area contributed by atoms with Crippen LogP contribution < -0.4 is 0 Å². The third-order valence-corrected chi connectivity index (χ3v) is 3.89. The van der Waals surface area contributed by atoms with E-state index in [1.807, 2.05) is 0 Å². The number of unbranched alkanes of at least 4 members (excludes halogenated alkanes) is 4. The van der Waals surface area contributed by atoms with Gasteiger partial charge >= 0.3 is 0 Å². The quantitative estimate of drug-likeness (QED) is 0.368. The van der Waals surface area contributed by atoms with Gasteiger partial charge in [0, 0.05) is 0 Å². The summed E-state index contributed by atoms with van der Waals surface area (Å²) in [6, 6.07) is 0. The van der Waals surface area contributed by atoms with Crippen LogP contribution in [0.2, 0.25) is 0 Å². The molecule has 16 heavy (non-hydrogen) atoms. The van der Waals surface area contributed by atoms with Crippen molar-refractivity contribution in [3.8, 4) is 0 Å². The zero-order valence-corrected chi connectivity index (χ0v) is 12.2. The van der Waals surface area contributed by atoms with Gasteiger partial charge in [-0.25, -0.2) is 0 Å². The van der Waals surface area contributed by atoms with Gasteiger partial charge in [-0.05, 0) is 11.8 Å². The lowest BCUT2D eigenvalue weighted by atomic mass is 9.94. The lowest BCUT2D eigenvalue weighted by molar-refractivity contribution is 0.415. The Morgan fingerprint density at radius 2 is 1.12 bits per heavy atom. The van der Waals surface area contributed by atoms with E-state index in [1.165, 1.54) is 64.2 Å². The molecular formula is C16H34. The molecule has 0 nitrogen and oxygen atoms in total. The summed E-state index contributed by atoms with van der Waals surface area (Å²) >= 11 is 0. The van der Waals surface area contributed by atoms with Gasteiger partial charge in [-0.1, -0.05) is 91.9 Å². The molecule has 0 spiro atoms. The fourth-order valence-electron chi connectivity index (χ4n) is 2.25. The normalized spacial score (nSPS) is 15.0. The van der Waals surface area contributed by atoms with Crippen LogP contribution in [0, 0.1) is 11.8 Å². The summed E-state index contributed by atoms with van der Waals surface area (Å²) in [7, 11) is 0. The minimum Gasteiger partial charge on any atom is -0.0654 e. The summed E-state index contributed by atoms with van der Waals surface area (Å²) in [4.78, 5) is 0. The predicted molar refractivity (Wildman–Crippen MR) is 75.8 cm³/mol. The van der Waals surface area contributed by atoms with E-state index in [0.29, 0.717) is 0 Å². The molecule has 0 aromatic heterocycles. The molecule has 0 heterocycles. The second-order valence-electron chi connectivity index (χ2n) is 5.75. The van der Waals surface area contributed by atoms with Gasteiger partial charge in [0.05, 0.1) is 0 Å². The van der Waals surface area contributed by atoms with Crippen molar-refractivity contribution in [2.45, 2.75) is 91.9 Å². The third-order valence-electron chi connectivity index (χ3n) is 3.89. The summed E-state index contributed by atoms with van der Waals surface area (Å²) in [5.41, 5.74) is 0. The van der Waals surface area contributed by atoms with Crippen LogP contribution in [0.1, 0.15) is 91.9 Å². The SMILES string of the molecule is CCCCCCC(C)CCCCC(C)CC. The predicted octanol–water partition coefficient (Wildman–Crippen LogP) is 6.20. The molecule has 0 bridgehead atoms. The van der Waals surface area contributed by atoms with Crippen LogP contribution in [0.15, 0.2) is 0 Å². The topological polar surface area (TPSA) is 0 Å². The second-order valence-corrected chi connectivity index (χ2v) is 5.75. The Hall–Kier alpha value is 0. The van der Waals surface area contributed by atoms with Crippen LogP contribution in [-0.4, -0.2) is 0 Å². The Morgan fingerprint density at radius 1 is 0.625 bits per heavy atom. The number of hydrogen-bond donors (Lipinski definition) is 0. The van der Waals surface area contributed by atoms with Crippen molar-refractivity contribution in [3.63, 3.8) is 0 Å². The van der Waals surface area contributed by atoms with Crippen LogP contribution in [0.3, 0.4) is 0 Å². The van der Waals surface area contributed by atoms with Crippen LogP contribution in [-0.2, 0) is 0 Å². The molecule has 0 heteroatoms. The maximum atomic E-state index is 2.44. The summed E-state index contributed by atoms with van der Waals surface area (Å²) in [6.07, 6.45) is 14.3. The summed E-state index contributed by atoms with van der Waals surface area (Å²) in [6.45, 7) is 9.42. The Labute approximate surface area is 104 Å². The van der Waals surface area contributed by atoms with E-state index < -0.39 is 0 Å². The lowest BCUT2D eigenvalue weighted by Crippen LogP contribution is -1.97.